The van der Waals surface area contributed by atoms with Gasteiger partial charge in [-0.15, -0.1) is 9.78 Å². The van der Waals surface area contributed by atoms with E-state index in [9.17, 15) is 22.8 Å². The average molecular weight is 510 g/mol. The van der Waals surface area contributed by atoms with E-state index in [1.165, 1.54) is 32.4 Å². The predicted octanol–water partition coefficient (Wildman–Crippen LogP) is 0.318. The van der Waals surface area contributed by atoms with Crippen molar-refractivity contribution in [1.29, 1.82) is 0 Å². The maximum absolute atomic E-state index is 12.6. The van der Waals surface area contributed by atoms with Crippen molar-refractivity contribution >= 4 is 44.6 Å². The van der Waals surface area contributed by atoms with Gasteiger partial charge in [-0.05, 0) is 47.7 Å². The first kappa shape index (κ1) is 20.9. The lowest BCUT2D eigenvalue weighted by Gasteiger charge is -2.11. The fourth-order valence-corrected chi connectivity index (χ4v) is 3.89. The van der Waals surface area contributed by atoms with Crippen LogP contribution >= 0.6 is 22.6 Å². The molecule has 27 heavy (non-hydrogen) atoms. The molecule has 1 aromatic heterocycles. The zero-order valence-corrected chi connectivity index (χ0v) is 17.4. The van der Waals surface area contributed by atoms with Crippen molar-refractivity contribution < 1.29 is 27.5 Å². The topological polar surface area (TPSA) is 139 Å². The molecule has 0 aliphatic carbocycles. The molecule has 11 nitrogen and oxygen atoms in total. The van der Waals surface area contributed by atoms with Crippen LogP contribution in [0, 0.1) is 3.57 Å². The smallest absolute Gasteiger partial charge is 0.360 e. The summed E-state index contributed by atoms with van der Waals surface area (Å²) in [6, 6.07) is 2.47. The van der Waals surface area contributed by atoms with Crippen LogP contribution in [0.25, 0.3) is 0 Å². The number of benzene rings is 1. The van der Waals surface area contributed by atoms with Crippen molar-refractivity contribution in [1.82, 2.24) is 19.1 Å². The van der Waals surface area contributed by atoms with Gasteiger partial charge in [0.25, 0.3) is 10.0 Å². The maximum atomic E-state index is 12.6. The molecule has 1 heterocycles. The van der Waals surface area contributed by atoms with Crippen LogP contribution in [0.3, 0.4) is 0 Å². The molecule has 1 aromatic carbocycles. The van der Waals surface area contributed by atoms with Gasteiger partial charge < -0.3 is 9.47 Å². The van der Waals surface area contributed by atoms with Crippen molar-refractivity contribution in [2.24, 2.45) is 7.05 Å². The molecule has 146 valence electrons. The molecule has 1 N–H and O–H groups in total. The summed E-state index contributed by atoms with van der Waals surface area (Å²) in [5, 5.41) is 3.59. The molecule has 0 radical (unpaired) electrons. The van der Waals surface area contributed by atoms with E-state index in [2.05, 4.69) is 5.10 Å². The van der Waals surface area contributed by atoms with Crippen LogP contribution in [-0.2, 0) is 21.8 Å². The molecule has 0 fully saturated rings. The highest BCUT2D eigenvalue weighted by Crippen LogP contribution is 2.20. The van der Waals surface area contributed by atoms with E-state index < -0.39 is 32.6 Å². The molecule has 0 aliphatic rings. The fourth-order valence-electron chi connectivity index (χ4n) is 2.04. The first-order chi connectivity index (χ1) is 12.6. The summed E-state index contributed by atoms with van der Waals surface area (Å²) >= 11 is 1.85. The molecule has 0 spiro atoms. The Balaban J connectivity index is 2.45. The highest BCUT2D eigenvalue weighted by molar-refractivity contribution is 14.1. The average Bonchev–Trinajstić information content (AvgIpc) is 2.89. The number of carbonyl (C=O) groups excluding carboxylic acids is 2. The Hall–Kier alpha value is -2.42. The lowest BCUT2D eigenvalue weighted by atomic mass is 10.2. The zero-order chi connectivity index (χ0) is 20.4. The first-order valence-electron chi connectivity index (χ1n) is 7.36. The lowest BCUT2D eigenvalue weighted by molar-refractivity contribution is 0.0521. The summed E-state index contributed by atoms with van der Waals surface area (Å²) < 4.78 is 38.4. The number of carbonyl (C=O) groups is 2. The number of methoxy groups -OCH3 is 1. The minimum absolute atomic E-state index is 0.0415. The van der Waals surface area contributed by atoms with E-state index >= 15 is 0 Å². The Labute approximate surface area is 167 Å². The summed E-state index contributed by atoms with van der Waals surface area (Å²) in [5.41, 5.74) is -1.16. The monoisotopic (exact) mass is 510 g/mol. The van der Waals surface area contributed by atoms with E-state index in [4.69, 9.17) is 9.47 Å². The third-order valence-corrected chi connectivity index (χ3v) is 5.30. The highest BCUT2D eigenvalue weighted by atomic mass is 127. The van der Waals surface area contributed by atoms with Gasteiger partial charge in [0.05, 0.1) is 19.3 Å². The summed E-state index contributed by atoms with van der Waals surface area (Å²) in [5.74, 6) is -0.863. The van der Waals surface area contributed by atoms with Gasteiger partial charge in [0.2, 0.25) is 0 Å². The fraction of sp³-hybridized carbons (Fsp3) is 0.286. The van der Waals surface area contributed by atoms with Crippen molar-refractivity contribution in [3.63, 3.8) is 0 Å². The van der Waals surface area contributed by atoms with Crippen molar-refractivity contribution in [2.75, 3.05) is 13.7 Å². The maximum Gasteiger partial charge on any atom is 0.360 e. The molecule has 2 aromatic rings. The number of ether oxygens (including phenoxy) is 2. The van der Waals surface area contributed by atoms with E-state index in [-0.39, 0.29) is 18.2 Å². The number of sulfonamides is 1. The van der Waals surface area contributed by atoms with Crippen molar-refractivity contribution in [3.05, 3.63) is 37.8 Å². The predicted molar refractivity (Wildman–Crippen MR) is 100 cm³/mol. The number of aromatic nitrogens is 3. The normalized spacial score (nSPS) is 11.1. The Bertz CT molecular complexity index is 1060. The second-order valence-electron chi connectivity index (χ2n) is 5.01. The molecule has 0 unspecified atom stereocenters. The van der Waals surface area contributed by atoms with Gasteiger partial charge in [0.1, 0.15) is 4.90 Å². The first-order valence-corrected chi connectivity index (χ1v) is 9.92. The van der Waals surface area contributed by atoms with Gasteiger partial charge >= 0.3 is 23.7 Å². The minimum atomic E-state index is -4.51. The second kappa shape index (κ2) is 8.08. The molecule has 0 aliphatic heterocycles. The Morgan fingerprint density at radius 1 is 1.33 bits per heavy atom. The number of nitrogens with zero attached hydrogens (tertiary/aromatic N) is 3. The number of amides is 1. The van der Waals surface area contributed by atoms with Gasteiger partial charge in [-0.1, -0.05) is 0 Å². The molecular formula is C14H15IN4O7S. The van der Waals surface area contributed by atoms with Crippen LogP contribution in [0.1, 0.15) is 17.3 Å². The Morgan fingerprint density at radius 3 is 2.56 bits per heavy atom. The highest BCUT2D eigenvalue weighted by Gasteiger charge is 2.28. The number of esters is 1. The quantitative estimate of drug-likeness (QED) is 0.449. The molecule has 0 atom stereocenters. The molecule has 13 heteroatoms. The Morgan fingerprint density at radius 2 is 2.00 bits per heavy atom. The zero-order valence-electron chi connectivity index (χ0n) is 14.4. The summed E-state index contributed by atoms with van der Waals surface area (Å²) in [6.07, 6.45) is 0. The van der Waals surface area contributed by atoms with E-state index in [0.29, 0.717) is 8.25 Å². The van der Waals surface area contributed by atoms with Crippen LogP contribution in [0.4, 0.5) is 4.79 Å². The van der Waals surface area contributed by atoms with Crippen LogP contribution in [0.15, 0.2) is 27.9 Å². The molecule has 0 bridgehead atoms. The van der Waals surface area contributed by atoms with Crippen LogP contribution in [-0.4, -0.2) is 48.5 Å². The van der Waals surface area contributed by atoms with Crippen molar-refractivity contribution in [3.8, 4) is 6.01 Å². The minimum Gasteiger partial charge on any atom is -0.467 e. The number of hydrogen-bond acceptors (Lipinski definition) is 8. The van der Waals surface area contributed by atoms with Gasteiger partial charge in [-0.25, -0.2) is 32.1 Å². The molecule has 2 rings (SSSR count). The van der Waals surface area contributed by atoms with Crippen LogP contribution < -0.4 is 15.1 Å². The molecule has 0 saturated heterocycles. The van der Waals surface area contributed by atoms with Gasteiger partial charge in [0.15, 0.2) is 0 Å². The van der Waals surface area contributed by atoms with Crippen LogP contribution in [0.2, 0.25) is 0 Å². The number of hydrogen-bond donors (Lipinski definition) is 1. The van der Waals surface area contributed by atoms with Gasteiger partial charge in [-0.3, -0.25) is 0 Å². The molecule has 0 saturated carbocycles. The number of halogens is 1. The van der Waals surface area contributed by atoms with E-state index in [1.807, 2.05) is 22.6 Å². The molecular weight excluding hydrogens is 495 g/mol. The van der Waals surface area contributed by atoms with Gasteiger partial charge in [-0.2, -0.15) is 0 Å². The number of nitrogens with one attached hydrogen (secondary N) is 1. The third kappa shape index (κ3) is 4.29. The summed E-state index contributed by atoms with van der Waals surface area (Å²) in [7, 11) is -1.98. The summed E-state index contributed by atoms with van der Waals surface area (Å²) in [6.45, 7) is 1.61. The van der Waals surface area contributed by atoms with Crippen molar-refractivity contribution in [2.45, 2.75) is 11.8 Å². The van der Waals surface area contributed by atoms with Crippen LogP contribution in [0.5, 0.6) is 6.01 Å². The largest absolute Gasteiger partial charge is 0.467 e. The standard InChI is InChI=1S/C14H15IN4O7S/c1-4-26-11(20)9-6-5-8(15)7-10(9)27(23,24)17-12(21)19-14(22)18(2)13(16-19)25-3/h5-7H,4H2,1-3H3,(H,17,21). The summed E-state index contributed by atoms with van der Waals surface area (Å²) in [4.78, 5) is 35.8. The van der Waals surface area contributed by atoms with Gasteiger partial charge in [0, 0.05) is 10.6 Å². The van der Waals surface area contributed by atoms with E-state index in [0.717, 1.165) is 4.57 Å². The lowest BCUT2D eigenvalue weighted by Crippen LogP contribution is -2.40. The van der Waals surface area contributed by atoms with E-state index in [1.54, 1.807) is 11.6 Å². The molecule has 1 amide bonds. The second-order valence-corrected chi connectivity index (χ2v) is 7.91. The SMILES string of the molecule is CCOC(=O)c1ccc(I)cc1S(=O)(=O)NC(=O)n1nc(OC)n(C)c1=O. The third-order valence-electron chi connectivity index (χ3n) is 3.27. The number of rotatable bonds is 5. The Kier molecular flexibility index (Phi) is 6.25.